The predicted molar refractivity (Wildman–Crippen MR) is 81.4 cm³/mol. The van der Waals surface area contributed by atoms with Gasteiger partial charge >= 0.3 is 0 Å². The highest BCUT2D eigenvalue weighted by molar-refractivity contribution is 5.76. The number of aromatic nitrogens is 2. The minimum Gasteiger partial charge on any atom is -0.325 e. The minimum absolute atomic E-state index is 0.263. The predicted octanol–water partition coefficient (Wildman–Crippen LogP) is 2.88. The number of rotatable bonds is 5. The van der Waals surface area contributed by atoms with E-state index in [1.54, 1.807) is 0 Å². The zero-order chi connectivity index (χ0) is 14.8. The molecule has 0 bridgehead atoms. The van der Waals surface area contributed by atoms with Gasteiger partial charge in [-0.1, -0.05) is 19.1 Å². The highest BCUT2D eigenvalue weighted by Crippen LogP contribution is 2.20. The number of hydrogen-bond acceptors (Lipinski definition) is 3. The molecule has 2 aromatic rings. The van der Waals surface area contributed by atoms with Crippen molar-refractivity contribution in [2.75, 3.05) is 0 Å². The van der Waals surface area contributed by atoms with Gasteiger partial charge in [0, 0.05) is 12.5 Å². The zero-order valence-corrected chi connectivity index (χ0v) is 12.6. The second kappa shape index (κ2) is 5.64. The van der Waals surface area contributed by atoms with E-state index < -0.39 is 5.54 Å². The summed E-state index contributed by atoms with van der Waals surface area (Å²) in [5, 5.41) is 12.9. The van der Waals surface area contributed by atoms with Gasteiger partial charge in [0.2, 0.25) is 0 Å². The number of benzene rings is 1. The van der Waals surface area contributed by atoms with Crippen LogP contribution in [0.5, 0.6) is 0 Å². The minimum atomic E-state index is -0.596. The lowest BCUT2D eigenvalue weighted by Gasteiger charge is -2.27. The molecule has 0 fully saturated rings. The van der Waals surface area contributed by atoms with Gasteiger partial charge in [0.25, 0.3) is 0 Å². The fourth-order valence-electron chi connectivity index (χ4n) is 2.64. The number of nitrogens with one attached hydrogen (secondary N) is 1. The average molecular weight is 270 g/mol. The van der Waals surface area contributed by atoms with Crippen LogP contribution in [0.15, 0.2) is 24.3 Å². The quantitative estimate of drug-likeness (QED) is 0.909. The number of imidazole rings is 1. The van der Waals surface area contributed by atoms with Crippen molar-refractivity contribution in [2.24, 2.45) is 0 Å². The van der Waals surface area contributed by atoms with Crippen molar-refractivity contribution >= 4 is 11.0 Å². The molecular weight excluding hydrogens is 248 g/mol. The largest absolute Gasteiger partial charge is 0.325 e. The first-order chi connectivity index (χ1) is 9.49. The first-order valence-electron chi connectivity index (χ1n) is 7.12. The van der Waals surface area contributed by atoms with Crippen molar-refractivity contribution in [2.45, 2.75) is 52.2 Å². The lowest BCUT2D eigenvalue weighted by Crippen LogP contribution is -2.48. The Morgan fingerprint density at radius 3 is 2.70 bits per heavy atom. The summed E-state index contributed by atoms with van der Waals surface area (Å²) in [6.07, 6.45) is 0.859. The Bertz CT molecular complexity index is 635. The van der Waals surface area contributed by atoms with Crippen molar-refractivity contribution < 1.29 is 0 Å². The van der Waals surface area contributed by atoms with E-state index in [0.717, 1.165) is 23.3 Å². The maximum Gasteiger partial charge on any atom is 0.122 e. The third-order valence-electron chi connectivity index (χ3n) is 3.38. The smallest absolute Gasteiger partial charge is 0.122 e. The van der Waals surface area contributed by atoms with Crippen LogP contribution in [0.4, 0.5) is 0 Å². The average Bonchev–Trinajstić information content (AvgIpc) is 2.76. The molecule has 0 saturated heterocycles. The topological polar surface area (TPSA) is 53.6 Å². The molecule has 20 heavy (non-hydrogen) atoms. The van der Waals surface area contributed by atoms with E-state index in [1.165, 1.54) is 0 Å². The number of hydrogen-bond donors (Lipinski definition) is 1. The van der Waals surface area contributed by atoms with Crippen LogP contribution in [0.3, 0.4) is 0 Å². The van der Waals surface area contributed by atoms with Crippen LogP contribution in [-0.4, -0.2) is 21.1 Å². The summed E-state index contributed by atoms with van der Waals surface area (Å²) >= 11 is 0. The van der Waals surface area contributed by atoms with E-state index in [1.807, 2.05) is 25.1 Å². The second-order valence-electron chi connectivity index (χ2n) is 5.70. The first kappa shape index (κ1) is 14.5. The molecule has 4 heteroatoms. The van der Waals surface area contributed by atoms with Gasteiger partial charge in [0.1, 0.15) is 11.4 Å². The molecule has 1 unspecified atom stereocenters. The molecule has 4 nitrogen and oxygen atoms in total. The monoisotopic (exact) mass is 270 g/mol. The highest BCUT2D eigenvalue weighted by Gasteiger charge is 2.27. The summed E-state index contributed by atoms with van der Waals surface area (Å²) in [6.45, 7) is 8.76. The molecule has 0 aliphatic heterocycles. The SMILES string of the molecule is CCc1nc2ccccc2n1CC(C)(C#N)NC(C)C. The van der Waals surface area contributed by atoms with Gasteiger partial charge in [0.05, 0.1) is 23.6 Å². The summed E-state index contributed by atoms with van der Waals surface area (Å²) in [7, 11) is 0. The molecule has 0 amide bonds. The van der Waals surface area contributed by atoms with Crippen molar-refractivity contribution in [3.05, 3.63) is 30.1 Å². The molecule has 1 heterocycles. The second-order valence-corrected chi connectivity index (χ2v) is 5.70. The van der Waals surface area contributed by atoms with Crippen LogP contribution in [-0.2, 0) is 13.0 Å². The Morgan fingerprint density at radius 1 is 1.40 bits per heavy atom. The maximum atomic E-state index is 9.52. The Hall–Kier alpha value is -1.86. The van der Waals surface area contributed by atoms with E-state index in [9.17, 15) is 5.26 Å². The third kappa shape index (κ3) is 2.83. The summed E-state index contributed by atoms with van der Waals surface area (Å²) in [5.41, 5.74) is 1.49. The first-order valence-corrected chi connectivity index (χ1v) is 7.12. The number of nitrogens with zero attached hydrogens (tertiary/aromatic N) is 3. The third-order valence-corrected chi connectivity index (χ3v) is 3.38. The summed E-state index contributed by atoms with van der Waals surface area (Å²) in [4.78, 5) is 4.65. The molecular formula is C16H22N4. The number of nitriles is 1. The number of para-hydroxylation sites is 2. The number of fused-ring (bicyclic) bond motifs is 1. The molecule has 1 atom stereocenters. The molecule has 1 aromatic carbocycles. The van der Waals surface area contributed by atoms with E-state index in [-0.39, 0.29) is 6.04 Å². The van der Waals surface area contributed by atoms with Crippen LogP contribution in [0.25, 0.3) is 11.0 Å². The molecule has 2 rings (SSSR count). The maximum absolute atomic E-state index is 9.52. The van der Waals surface area contributed by atoms with Gasteiger partial charge in [-0.05, 0) is 32.9 Å². The van der Waals surface area contributed by atoms with Gasteiger partial charge in [0.15, 0.2) is 0 Å². The lowest BCUT2D eigenvalue weighted by molar-refractivity contribution is 0.358. The van der Waals surface area contributed by atoms with Crippen molar-refractivity contribution in [3.63, 3.8) is 0 Å². The molecule has 1 aromatic heterocycles. The summed E-state index contributed by atoms with van der Waals surface area (Å²) < 4.78 is 2.16. The van der Waals surface area contributed by atoms with Crippen LogP contribution in [0, 0.1) is 11.3 Å². The summed E-state index contributed by atoms with van der Waals surface area (Å²) in [5.74, 6) is 1.03. The molecule has 0 spiro atoms. The lowest BCUT2D eigenvalue weighted by atomic mass is 10.0. The van der Waals surface area contributed by atoms with Crippen molar-refractivity contribution in [1.29, 1.82) is 5.26 Å². The van der Waals surface area contributed by atoms with Gasteiger partial charge in [-0.2, -0.15) is 5.26 Å². The van der Waals surface area contributed by atoms with Crippen LogP contribution < -0.4 is 5.32 Å². The normalized spacial score (nSPS) is 14.4. The zero-order valence-electron chi connectivity index (χ0n) is 12.6. The fraction of sp³-hybridized carbons (Fsp3) is 0.500. The van der Waals surface area contributed by atoms with Crippen LogP contribution >= 0.6 is 0 Å². The van der Waals surface area contributed by atoms with Gasteiger partial charge < -0.3 is 4.57 Å². The van der Waals surface area contributed by atoms with Crippen molar-refractivity contribution in [1.82, 2.24) is 14.9 Å². The Labute approximate surface area is 120 Å². The van der Waals surface area contributed by atoms with Gasteiger partial charge in [-0.25, -0.2) is 4.98 Å². The standard InChI is InChI=1S/C16H22N4/c1-5-15-18-13-8-6-7-9-14(13)20(15)11-16(4,10-17)19-12(2)3/h6-9,12,19H,5,11H2,1-4H3. The number of aryl methyl sites for hydroxylation is 1. The summed E-state index contributed by atoms with van der Waals surface area (Å²) in [6, 6.07) is 10.8. The fourth-order valence-corrected chi connectivity index (χ4v) is 2.64. The van der Waals surface area contributed by atoms with Crippen LogP contribution in [0.1, 0.15) is 33.5 Å². The Morgan fingerprint density at radius 2 is 2.10 bits per heavy atom. The Kier molecular flexibility index (Phi) is 4.10. The van der Waals surface area contributed by atoms with E-state index >= 15 is 0 Å². The van der Waals surface area contributed by atoms with Crippen molar-refractivity contribution in [3.8, 4) is 6.07 Å². The molecule has 1 N–H and O–H groups in total. The van der Waals surface area contributed by atoms with Crippen LogP contribution in [0.2, 0.25) is 0 Å². The van der Waals surface area contributed by atoms with E-state index in [4.69, 9.17) is 0 Å². The molecule has 0 aliphatic rings. The molecule has 0 aliphatic carbocycles. The molecule has 0 radical (unpaired) electrons. The molecule has 0 saturated carbocycles. The van der Waals surface area contributed by atoms with Gasteiger partial charge in [-0.3, -0.25) is 5.32 Å². The Balaban J connectivity index is 2.44. The van der Waals surface area contributed by atoms with E-state index in [0.29, 0.717) is 6.54 Å². The van der Waals surface area contributed by atoms with Gasteiger partial charge in [-0.15, -0.1) is 0 Å². The molecule has 106 valence electrons. The van der Waals surface area contributed by atoms with E-state index in [2.05, 4.69) is 47.8 Å². The highest BCUT2D eigenvalue weighted by atomic mass is 15.1.